The smallest absolute Gasteiger partial charge is 0.308 e. The first kappa shape index (κ1) is 17.6. The van der Waals surface area contributed by atoms with Crippen molar-refractivity contribution in [2.45, 2.75) is 6.92 Å². The number of methoxy groups -OCH3 is 2. The molecule has 2 aromatic rings. The molecule has 2 rings (SSSR count). The summed E-state index contributed by atoms with van der Waals surface area (Å²) in [5, 5.41) is 4.80. The van der Waals surface area contributed by atoms with E-state index in [4.69, 9.17) is 25.8 Å². The lowest BCUT2D eigenvalue weighted by molar-refractivity contribution is -0.132. The number of carbonyl (C=O) groups excluding carboxylic acids is 1. The predicted molar refractivity (Wildman–Crippen MR) is 93.5 cm³/mol. The average molecular weight is 349 g/mol. The highest BCUT2D eigenvalue weighted by atomic mass is 35.5. The molecule has 0 saturated heterocycles. The summed E-state index contributed by atoms with van der Waals surface area (Å²) in [6.45, 7) is 1.31. The Balaban J connectivity index is 2.22. The van der Waals surface area contributed by atoms with Crippen LogP contribution < -0.4 is 19.6 Å². The van der Waals surface area contributed by atoms with Crippen LogP contribution in [0.15, 0.2) is 41.5 Å². The molecule has 0 aliphatic rings. The molecule has 0 aromatic heterocycles. The number of halogens is 1. The molecule has 0 aliphatic carbocycles. The Hall–Kier alpha value is -2.73. The molecule has 0 bridgehead atoms. The summed E-state index contributed by atoms with van der Waals surface area (Å²) in [5.41, 5.74) is 4.39. The molecule has 0 atom stereocenters. The van der Waals surface area contributed by atoms with Gasteiger partial charge in [-0.25, -0.2) is 0 Å². The maximum atomic E-state index is 11.2. The van der Waals surface area contributed by atoms with Crippen LogP contribution in [0.2, 0.25) is 5.02 Å². The van der Waals surface area contributed by atoms with Crippen molar-refractivity contribution >= 4 is 29.5 Å². The van der Waals surface area contributed by atoms with Gasteiger partial charge >= 0.3 is 5.97 Å². The van der Waals surface area contributed by atoms with Gasteiger partial charge in [-0.1, -0.05) is 11.6 Å². The zero-order valence-corrected chi connectivity index (χ0v) is 14.3. The van der Waals surface area contributed by atoms with Gasteiger partial charge in [-0.3, -0.25) is 10.2 Å². The third kappa shape index (κ3) is 4.63. The fourth-order valence-corrected chi connectivity index (χ4v) is 2.05. The van der Waals surface area contributed by atoms with Gasteiger partial charge in [-0.15, -0.1) is 0 Å². The lowest BCUT2D eigenvalue weighted by atomic mass is 10.2. The van der Waals surface area contributed by atoms with E-state index < -0.39 is 5.97 Å². The molecule has 126 valence electrons. The fraction of sp³-hybridized carbons (Fsp3) is 0.176. The minimum absolute atomic E-state index is 0.232. The molecule has 0 amide bonds. The van der Waals surface area contributed by atoms with Crippen molar-refractivity contribution in [2.24, 2.45) is 5.10 Å². The Morgan fingerprint density at radius 3 is 2.21 bits per heavy atom. The van der Waals surface area contributed by atoms with Gasteiger partial charge in [-0.05, 0) is 36.4 Å². The molecular formula is C17H17ClN2O4. The van der Waals surface area contributed by atoms with E-state index in [0.717, 1.165) is 5.69 Å². The third-order valence-electron chi connectivity index (χ3n) is 2.98. The summed E-state index contributed by atoms with van der Waals surface area (Å²) in [5.74, 6) is 0.516. The summed E-state index contributed by atoms with van der Waals surface area (Å²) >= 11 is 5.83. The summed E-state index contributed by atoms with van der Waals surface area (Å²) in [6, 6.07) is 10.5. The van der Waals surface area contributed by atoms with E-state index in [1.54, 1.807) is 30.5 Å². The summed E-state index contributed by atoms with van der Waals surface area (Å²) in [4.78, 5) is 11.2. The van der Waals surface area contributed by atoms with Gasteiger partial charge in [0.15, 0.2) is 11.5 Å². The van der Waals surface area contributed by atoms with Crippen LogP contribution >= 0.6 is 11.6 Å². The highest BCUT2D eigenvalue weighted by molar-refractivity contribution is 6.30. The zero-order valence-electron chi connectivity index (χ0n) is 13.5. The van der Waals surface area contributed by atoms with Crippen molar-refractivity contribution in [1.29, 1.82) is 0 Å². The molecule has 0 unspecified atom stereocenters. The maximum absolute atomic E-state index is 11.2. The van der Waals surface area contributed by atoms with Gasteiger partial charge in [0.05, 0.1) is 26.1 Å². The first-order valence-corrected chi connectivity index (χ1v) is 7.40. The van der Waals surface area contributed by atoms with E-state index in [1.165, 1.54) is 21.1 Å². The maximum Gasteiger partial charge on any atom is 0.308 e. The highest BCUT2D eigenvalue weighted by Gasteiger charge is 2.15. The Kier molecular flexibility index (Phi) is 6.03. The highest BCUT2D eigenvalue weighted by Crippen LogP contribution is 2.38. The molecule has 6 nitrogen and oxygen atoms in total. The van der Waals surface area contributed by atoms with E-state index in [-0.39, 0.29) is 5.75 Å². The quantitative estimate of drug-likeness (QED) is 0.373. The number of benzene rings is 2. The molecule has 0 saturated carbocycles. The Morgan fingerprint density at radius 1 is 1.12 bits per heavy atom. The van der Waals surface area contributed by atoms with Gasteiger partial charge in [0.2, 0.25) is 5.75 Å². The second-order valence-corrected chi connectivity index (χ2v) is 5.16. The normalized spacial score (nSPS) is 10.5. The number of rotatable bonds is 6. The van der Waals surface area contributed by atoms with Crippen molar-refractivity contribution in [3.8, 4) is 17.2 Å². The second-order valence-electron chi connectivity index (χ2n) is 4.73. The van der Waals surface area contributed by atoms with E-state index >= 15 is 0 Å². The number of hydrogen-bond donors (Lipinski definition) is 1. The minimum Gasteiger partial charge on any atom is -0.493 e. The Labute approximate surface area is 145 Å². The summed E-state index contributed by atoms with van der Waals surface area (Å²) < 4.78 is 15.6. The van der Waals surface area contributed by atoms with Crippen molar-refractivity contribution in [2.75, 3.05) is 19.6 Å². The molecule has 0 radical (unpaired) electrons. The van der Waals surface area contributed by atoms with Gasteiger partial charge in [0.1, 0.15) is 0 Å². The largest absolute Gasteiger partial charge is 0.493 e. The second kappa shape index (κ2) is 8.21. The first-order chi connectivity index (χ1) is 11.5. The molecule has 0 aliphatic heterocycles. The SMILES string of the molecule is COc1cc(/C=N\Nc2ccc(Cl)cc2)cc(OC)c1OC(C)=O. The Bertz CT molecular complexity index is 720. The van der Waals surface area contributed by atoms with Gasteiger partial charge < -0.3 is 14.2 Å². The van der Waals surface area contributed by atoms with E-state index in [9.17, 15) is 4.79 Å². The molecular weight excluding hydrogens is 332 g/mol. The number of anilines is 1. The van der Waals surface area contributed by atoms with Crippen LogP contribution in [0.1, 0.15) is 12.5 Å². The zero-order chi connectivity index (χ0) is 17.5. The molecule has 0 heterocycles. The standard InChI is InChI=1S/C17H17ClN2O4/c1-11(21)24-17-15(22-2)8-12(9-16(17)23-3)10-19-20-14-6-4-13(18)5-7-14/h4-10,20H,1-3H3/b19-10-. The van der Waals surface area contributed by atoms with Crippen molar-refractivity contribution in [3.05, 3.63) is 47.0 Å². The monoisotopic (exact) mass is 348 g/mol. The van der Waals surface area contributed by atoms with Crippen LogP contribution in [-0.4, -0.2) is 26.4 Å². The van der Waals surface area contributed by atoms with E-state index in [2.05, 4.69) is 10.5 Å². The van der Waals surface area contributed by atoms with Gasteiger partial charge in [0.25, 0.3) is 0 Å². The fourth-order valence-electron chi connectivity index (χ4n) is 1.92. The van der Waals surface area contributed by atoms with Crippen LogP contribution in [0, 0.1) is 0 Å². The molecule has 0 fully saturated rings. The van der Waals surface area contributed by atoms with Crippen molar-refractivity contribution in [3.63, 3.8) is 0 Å². The minimum atomic E-state index is -0.461. The third-order valence-corrected chi connectivity index (χ3v) is 3.23. The number of ether oxygens (including phenoxy) is 3. The van der Waals surface area contributed by atoms with E-state index in [1.807, 2.05) is 12.1 Å². The molecule has 7 heteroatoms. The number of carbonyl (C=O) groups is 1. The van der Waals surface area contributed by atoms with Crippen LogP contribution in [0.3, 0.4) is 0 Å². The molecule has 0 spiro atoms. The number of nitrogens with one attached hydrogen (secondary N) is 1. The van der Waals surface area contributed by atoms with Crippen LogP contribution in [0.5, 0.6) is 17.2 Å². The summed E-state index contributed by atoms with van der Waals surface area (Å²) in [6.07, 6.45) is 1.59. The Morgan fingerprint density at radius 2 is 1.71 bits per heavy atom. The molecule has 2 aromatic carbocycles. The van der Waals surface area contributed by atoms with Crippen LogP contribution in [0.25, 0.3) is 0 Å². The van der Waals surface area contributed by atoms with E-state index in [0.29, 0.717) is 22.1 Å². The van der Waals surface area contributed by atoms with Crippen LogP contribution in [0.4, 0.5) is 5.69 Å². The van der Waals surface area contributed by atoms with Crippen molar-refractivity contribution < 1.29 is 19.0 Å². The van der Waals surface area contributed by atoms with Crippen molar-refractivity contribution in [1.82, 2.24) is 0 Å². The summed E-state index contributed by atoms with van der Waals surface area (Å²) in [7, 11) is 2.96. The number of hydrazone groups is 1. The molecule has 1 N–H and O–H groups in total. The van der Waals surface area contributed by atoms with Gasteiger partial charge in [-0.2, -0.15) is 5.10 Å². The van der Waals surface area contributed by atoms with Crippen LogP contribution in [-0.2, 0) is 4.79 Å². The lowest BCUT2D eigenvalue weighted by Crippen LogP contribution is -2.05. The lowest BCUT2D eigenvalue weighted by Gasteiger charge is -2.13. The van der Waals surface area contributed by atoms with Gasteiger partial charge in [0, 0.05) is 17.5 Å². The number of esters is 1. The number of hydrogen-bond acceptors (Lipinski definition) is 6. The predicted octanol–water partition coefficient (Wildman–Crippen LogP) is 3.73. The topological polar surface area (TPSA) is 69.2 Å². The number of nitrogens with zero attached hydrogens (tertiary/aromatic N) is 1. The average Bonchev–Trinajstić information content (AvgIpc) is 2.57. The molecule has 24 heavy (non-hydrogen) atoms. The first-order valence-electron chi connectivity index (χ1n) is 7.02.